The van der Waals surface area contributed by atoms with Crippen molar-refractivity contribution < 1.29 is 14.4 Å². The molecule has 2 aromatic rings. The first-order valence-corrected chi connectivity index (χ1v) is 6.26. The van der Waals surface area contributed by atoms with Crippen LogP contribution in [0.3, 0.4) is 0 Å². The van der Waals surface area contributed by atoms with Crippen LogP contribution in [0.2, 0.25) is 0 Å². The molecule has 2 heterocycles. The van der Waals surface area contributed by atoms with E-state index < -0.39 is 6.03 Å². The first kappa shape index (κ1) is 12.4. The summed E-state index contributed by atoms with van der Waals surface area (Å²) in [4.78, 5) is 35.4. The fourth-order valence-electron chi connectivity index (χ4n) is 2.43. The second-order valence-electron chi connectivity index (χ2n) is 4.74. The number of amides is 3. The Morgan fingerprint density at radius 3 is 2.75 bits per heavy atom. The number of carbonyl (C=O) groups is 3. The van der Waals surface area contributed by atoms with Crippen molar-refractivity contribution in [2.75, 3.05) is 11.4 Å². The smallest absolute Gasteiger partial charge is 0.328 e. The summed E-state index contributed by atoms with van der Waals surface area (Å²) in [6, 6.07) is 6.91. The largest absolute Gasteiger partial charge is 0.341 e. The molecule has 1 N–H and O–H groups in total. The predicted molar refractivity (Wildman–Crippen MR) is 73.8 cm³/mol. The van der Waals surface area contributed by atoms with E-state index in [0.29, 0.717) is 17.9 Å². The molecule has 1 aromatic carbocycles. The number of aryl methyl sites for hydroxylation is 1. The number of rotatable bonds is 2. The van der Waals surface area contributed by atoms with Crippen LogP contribution in [0.1, 0.15) is 16.9 Å². The minimum Gasteiger partial charge on any atom is -0.341 e. The standard InChI is InChI=1S/C14H13N3O3/c1-16-11(8-18)6-9-2-3-10(7-12(9)16)17-5-4-13(19)15-14(17)20/h2-3,6-8H,4-5H2,1H3,(H,15,19,20). The topological polar surface area (TPSA) is 71.4 Å². The van der Waals surface area contributed by atoms with E-state index >= 15 is 0 Å². The van der Waals surface area contributed by atoms with E-state index in [2.05, 4.69) is 5.32 Å². The predicted octanol–water partition coefficient (Wildman–Crippen LogP) is 1.44. The fourth-order valence-corrected chi connectivity index (χ4v) is 2.43. The highest BCUT2D eigenvalue weighted by molar-refractivity contribution is 6.06. The molecule has 0 unspecified atom stereocenters. The van der Waals surface area contributed by atoms with Gasteiger partial charge in [0.05, 0.1) is 11.2 Å². The van der Waals surface area contributed by atoms with E-state index in [1.165, 1.54) is 4.90 Å². The molecule has 20 heavy (non-hydrogen) atoms. The lowest BCUT2D eigenvalue weighted by atomic mass is 10.2. The van der Waals surface area contributed by atoms with Crippen LogP contribution < -0.4 is 10.2 Å². The van der Waals surface area contributed by atoms with Crippen LogP contribution in [0.15, 0.2) is 24.3 Å². The van der Waals surface area contributed by atoms with Gasteiger partial charge >= 0.3 is 6.03 Å². The first-order valence-electron chi connectivity index (χ1n) is 6.26. The van der Waals surface area contributed by atoms with Gasteiger partial charge < -0.3 is 4.57 Å². The van der Waals surface area contributed by atoms with Crippen molar-refractivity contribution in [3.05, 3.63) is 30.0 Å². The minimum atomic E-state index is -0.412. The van der Waals surface area contributed by atoms with E-state index in [4.69, 9.17) is 0 Å². The number of imide groups is 1. The second-order valence-corrected chi connectivity index (χ2v) is 4.74. The lowest BCUT2D eigenvalue weighted by Crippen LogP contribution is -2.49. The number of urea groups is 1. The van der Waals surface area contributed by atoms with E-state index in [1.54, 1.807) is 17.7 Å². The third-order valence-corrected chi connectivity index (χ3v) is 3.55. The molecule has 0 bridgehead atoms. The van der Waals surface area contributed by atoms with Crippen molar-refractivity contribution in [1.82, 2.24) is 9.88 Å². The number of nitrogens with zero attached hydrogens (tertiary/aromatic N) is 2. The number of benzene rings is 1. The van der Waals surface area contributed by atoms with Gasteiger partial charge in [-0.3, -0.25) is 19.8 Å². The highest BCUT2D eigenvalue weighted by atomic mass is 16.2. The third kappa shape index (κ3) is 1.85. The molecule has 1 saturated heterocycles. The maximum absolute atomic E-state index is 11.8. The monoisotopic (exact) mass is 271 g/mol. The number of fused-ring (bicyclic) bond motifs is 1. The van der Waals surface area contributed by atoms with Crippen molar-refractivity contribution in [2.24, 2.45) is 7.05 Å². The Morgan fingerprint density at radius 1 is 1.25 bits per heavy atom. The number of aldehydes is 1. The molecule has 3 rings (SSSR count). The van der Waals surface area contributed by atoms with Gasteiger partial charge in [0.15, 0.2) is 6.29 Å². The molecule has 102 valence electrons. The number of hydrogen-bond acceptors (Lipinski definition) is 3. The number of anilines is 1. The minimum absolute atomic E-state index is 0.255. The van der Waals surface area contributed by atoms with Crippen molar-refractivity contribution >= 4 is 34.8 Å². The van der Waals surface area contributed by atoms with Gasteiger partial charge in [-0.1, -0.05) is 6.07 Å². The molecule has 1 aliphatic heterocycles. The molecule has 6 heteroatoms. The molecule has 1 aromatic heterocycles. The zero-order valence-electron chi connectivity index (χ0n) is 10.9. The molecule has 1 fully saturated rings. The van der Waals surface area contributed by atoms with Crippen LogP contribution in [0.4, 0.5) is 10.5 Å². The van der Waals surface area contributed by atoms with Gasteiger partial charge in [0.25, 0.3) is 0 Å². The van der Waals surface area contributed by atoms with E-state index in [0.717, 1.165) is 17.2 Å². The lowest BCUT2D eigenvalue weighted by molar-refractivity contribution is -0.120. The van der Waals surface area contributed by atoms with Crippen LogP contribution in [0, 0.1) is 0 Å². The Labute approximate surface area is 115 Å². The summed E-state index contributed by atoms with van der Waals surface area (Å²) in [6.45, 7) is 0.362. The van der Waals surface area contributed by atoms with Gasteiger partial charge in [-0.25, -0.2) is 4.79 Å². The first-order chi connectivity index (χ1) is 9.60. The molecular weight excluding hydrogens is 258 g/mol. The Hall–Kier alpha value is -2.63. The van der Waals surface area contributed by atoms with Gasteiger partial charge in [-0.2, -0.15) is 0 Å². The van der Waals surface area contributed by atoms with Crippen LogP contribution >= 0.6 is 0 Å². The Balaban J connectivity index is 2.04. The quantitative estimate of drug-likeness (QED) is 0.840. The summed E-state index contributed by atoms with van der Waals surface area (Å²) in [5.41, 5.74) is 2.16. The number of aromatic nitrogens is 1. The van der Waals surface area contributed by atoms with Crippen LogP contribution in [-0.2, 0) is 11.8 Å². The lowest BCUT2D eigenvalue weighted by Gasteiger charge is -2.26. The molecule has 6 nitrogen and oxygen atoms in total. The number of nitrogens with one attached hydrogen (secondary N) is 1. The van der Waals surface area contributed by atoms with E-state index in [1.807, 2.05) is 18.2 Å². The molecule has 1 aliphatic rings. The molecule has 0 aliphatic carbocycles. The summed E-state index contributed by atoms with van der Waals surface area (Å²) in [6.07, 6.45) is 1.09. The second kappa shape index (κ2) is 4.48. The highest BCUT2D eigenvalue weighted by Crippen LogP contribution is 2.25. The van der Waals surface area contributed by atoms with Crippen LogP contribution in [0.25, 0.3) is 10.9 Å². The Morgan fingerprint density at radius 2 is 2.05 bits per heavy atom. The third-order valence-electron chi connectivity index (χ3n) is 3.55. The van der Waals surface area contributed by atoms with Crippen LogP contribution in [0.5, 0.6) is 0 Å². The highest BCUT2D eigenvalue weighted by Gasteiger charge is 2.24. The Bertz CT molecular complexity index is 733. The van der Waals surface area contributed by atoms with Crippen molar-refractivity contribution in [3.63, 3.8) is 0 Å². The fraction of sp³-hybridized carbons (Fsp3) is 0.214. The SMILES string of the molecule is Cn1c(C=O)cc2ccc(N3CCC(=O)NC3=O)cc21. The molecule has 3 amide bonds. The van der Waals surface area contributed by atoms with Gasteiger partial charge in [0, 0.05) is 31.1 Å². The van der Waals surface area contributed by atoms with Gasteiger partial charge in [-0.15, -0.1) is 0 Å². The normalized spacial score (nSPS) is 15.6. The molecule has 0 spiro atoms. The molecule has 0 radical (unpaired) electrons. The average Bonchev–Trinajstić information content (AvgIpc) is 2.75. The average molecular weight is 271 g/mol. The van der Waals surface area contributed by atoms with E-state index in [9.17, 15) is 14.4 Å². The molecular formula is C14H13N3O3. The molecule has 0 atom stereocenters. The Kier molecular flexibility index (Phi) is 2.78. The van der Waals surface area contributed by atoms with Crippen molar-refractivity contribution in [2.45, 2.75) is 6.42 Å². The van der Waals surface area contributed by atoms with Crippen LogP contribution in [-0.4, -0.2) is 29.3 Å². The molecule has 0 saturated carbocycles. The zero-order chi connectivity index (χ0) is 14.3. The summed E-state index contributed by atoms with van der Waals surface area (Å²) >= 11 is 0. The summed E-state index contributed by atoms with van der Waals surface area (Å²) in [5.74, 6) is -0.255. The van der Waals surface area contributed by atoms with Gasteiger partial charge in [0.2, 0.25) is 5.91 Å². The number of hydrogen-bond donors (Lipinski definition) is 1. The summed E-state index contributed by atoms with van der Waals surface area (Å²) < 4.78 is 1.78. The van der Waals surface area contributed by atoms with E-state index in [-0.39, 0.29) is 12.3 Å². The van der Waals surface area contributed by atoms with Gasteiger partial charge in [0.1, 0.15) is 0 Å². The summed E-state index contributed by atoms with van der Waals surface area (Å²) in [7, 11) is 1.80. The van der Waals surface area contributed by atoms with Crippen molar-refractivity contribution in [3.8, 4) is 0 Å². The maximum Gasteiger partial charge on any atom is 0.328 e. The zero-order valence-corrected chi connectivity index (χ0v) is 10.9. The van der Waals surface area contributed by atoms with Crippen molar-refractivity contribution in [1.29, 1.82) is 0 Å². The van der Waals surface area contributed by atoms with Gasteiger partial charge in [-0.05, 0) is 18.2 Å². The maximum atomic E-state index is 11.8. The summed E-state index contributed by atoms with van der Waals surface area (Å²) in [5, 5.41) is 3.23. The number of carbonyl (C=O) groups excluding carboxylic acids is 3.